The molecule has 1 heterocycles. The standard InChI is InChI=1S/C20H20FN3O4S2/c1-3-24-19(26)17(12-18(25)22-15-8-4-13(2)5-9-15)29-20(24)23-30(27,28)16-10-6-14(21)7-11-16/h4-11,17H,3,12H2,1-2H3,(H,22,25)/b23-20+. The predicted molar refractivity (Wildman–Crippen MR) is 114 cm³/mol. The van der Waals surface area contributed by atoms with E-state index >= 15 is 0 Å². The first-order valence-corrected chi connectivity index (χ1v) is 11.5. The number of amides is 2. The summed E-state index contributed by atoms with van der Waals surface area (Å²) < 4.78 is 41.9. The van der Waals surface area contributed by atoms with Gasteiger partial charge in [-0.1, -0.05) is 29.5 Å². The predicted octanol–water partition coefficient (Wildman–Crippen LogP) is 3.17. The van der Waals surface area contributed by atoms with E-state index in [-0.39, 0.29) is 34.8 Å². The highest BCUT2D eigenvalue weighted by molar-refractivity contribution is 8.16. The molecule has 7 nitrogen and oxygen atoms in total. The van der Waals surface area contributed by atoms with Gasteiger partial charge in [0.15, 0.2) is 5.17 Å². The van der Waals surface area contributed by atoms with Crippen LogP contribution in [0.2, 0.25) is 0 Å². The van der Waals surface area contributed by atoms with Gasteiger partial charge < -0.3 is 5.32 Å². The van der Waals surface area contributed by atoms with E-state index < -0.39 is 21.1 Å². The third kappa shape index (κ3) is 5.06. The molecule has 0 aliphatic carbocycles. The molecule has 3 rings (SSSR count). The minimum absolute atomic E-state index is 0.0000362. The molecule has 30 heavy (non-hydrogen) atoms. The molecule has 0 spiro atoms. The summed E-state index contributed by atoms with van der Waals surface area (Å²) in [5.74, 6) is -1.31. The number of hydrogen-bond acceptors (Lipinski definition) is 5. The smallest absolute Gasteiger partial charge is 0.284 e. The fourth-order valence-corrected chi connectivity index (χ4v) is 5.20. The molecule has 0 saturated carbocycles. The van der Waals surface area contributed by atoms with Gasteiger partial charge in [-0.15, -0.1) is 4.40 Å². The van der Waals surface area contributed by atoms with E-state index in [2.05, 4.69) is 9.71 Å². The Morgan fingerprint density at radius 2 is 1.80 bits per heavy atom. The molecular formula is C20H20FN3O4S2. The van der Waals surface area contributed by atoms with Gasteiger partial charge in [-0.3, -0.25) is 14.5 Å². The summed E-state index contributed by atoms with van der Waals surface area (Å²) in [4.78, 5) is 26.0. The van der Waals surface area contributed by atoms with Crippen LogP contribution in [0.4, 0.5) is 10.1 Å². The Balaban J connectivity index is 1.75. The number of sulfonamides is 1. The molecule has 10 heteroatoms. The largest absolute Gasteiger partial charge is 0.326 e. The van der Waals surface area contributed by atoms with Crippen LogP contribution in [-0.4, -0.2) is 42.1 Å². The number of anilines is 1. The first-order chi connectivity index (χ1) is 14.2. The number of benzene rings is 2. The number of amidine groups is 1. The molecule has 0 bridgehead atoms. The third-order valence-electron chi connectivity index (χ3n) is 4.35. The molecule has 0 aromatic heterocycles. The average molecular weight is 450 g/mol. The second-order valence-corrected chi connectivity index (χ2v) is 9.38. The summed E-state index contributed by atoms with van der Waals surface area (Å²) >= 11 is 0.930. The molecule has 1 fully saturated rings. The van der Waals surface area contributed by atoms with Gasteiger partial charge in [-0.25, -0.2) is 4.39 Å². The Labute approximate surface area is 178 Å². The highest BCUT2D eigenvalue weighted by atomic mass is 32.2. The second-order valence-electron chi connectivity index (χ2n) is 6.61. The summed E-state index contributed by atoms with van der Waals surface area (Å²) in [5, 5.41) is 1.95. The molecule has 2 amide bonds. The Morgan fingerprint density at radius 3 is 2.40 bits per heavy atom. The van der Waals surface area contributed by atoms with E-state index in [0.717, 1.165) is 41.6 Å². The highest BCUT2D eigenvalue weighted by Gasteiger charge is 2.39. The van der Waals surface area contributed by atoms with Crippen molar-refractivity contribution in [3.63, 3.8) is 0 Å². The normalized spacial score (nSPS) is 18.1. The molecule has 1 N–H and O–H groups in total. The van der Waals surface area contributed by atoms with Gasteiger partial charge in [0.25, 0.3) is 10.0 Å². The van der Waals surface area contributed by atoms with E-state index in [0.29, 0.717) is 5.69 Å². The first kappa shape index (κ1) is 22.0. The molecule has 2 aromatic rings. The van der Waals surface area contributed by atoms with E-state index in [1.807, 2.05) is 19.1 Å². The van der Waals surface area contributed by atoms with Crippen LogP contribution in [0, 0.1) is 12.7 Å². The topological polar surface area (TPSA) is 95.9 Å². The molecule has 1 atom stereocenters. The zero-order chi connectivity index (χ0) is 21.9. The summed E-state index contributed by atoms with van der Waals surface area (Å²) in [5.41, 5.74) is 1.66. The van der Waals surface area contributed by atoms with Crippen molar-refractivity contribution in [2.24, 2.45) is 4.40 Å². The van der Waals surface area contributed by atoms with Crippen molar-refractivity contribution in [1.82, 2.24) is 4.90 Å². The van der Waals surface area contributed by atoms with Crippen LogP contribution in [-0.2, 0) is 19.6 Å². The van der Waals surface area contributed by atoms with Crippen LogP contribution in [0.25, 0.3) is 0 Å². The number of rotatable bonds is 6. The molecule has 2 aromatic carbocycles. The lowest BCUT2D eigenvalue weighted by molar-refractivity contribution is -0.128. The molecule has 1 unspecified atom stereocenters. The monoisotopic (exact) mass is 449 g/mol. The molecule has 0 radical (unpaired) electrons. The number of hydrogen-bond donors (Lipinski definition) is 1. The van der Waals surface area contributed by atoms with Crippen molar-refractivity contribution >= 4 is 44.5 Å². The van der Waals surface area contributed by atoms with Gasteiger partial charge >= 0.3 is 0 Å². The van der Waals surface area contributed by atoms with Crippen molar-refractivity contribution in [2.45, 2.75) is 30.4 Å². The summed E-state index contributed by atoms with van der Waals surface area (Å²) in [6.07, 6.45) is -0.122. The SMILES string of the molecule is CCN1C(=O)C(CC(=O)Nc2ccc(C)cc2)S/C1=N/S(=O)(=O)c1ccc(F)cc1. The summed E-state index contributed by atoms with van der Waals surface area (Å²) in [7, 11) is -4.13. The number of carbonyl (C=O) groups is 2. The molecule has 158 valence electrons. The van der Waals surface area contributed by atoms with Crippen LogP contribution in [0.5, 0.6) is 0 Å². The highest BCUT2D eigenvalue weighted by Crippen LogP contribution is 2.31. The van der Waals surface area contributed by atoms with Gasteiger partial charge in [-0.05, 0) is 50.2 Å². The lowest BCUT2D eigenvalue weighted by atomic mass is 10.2. The summed E-state index contributed by atoms with van der Waals surface area (Å²) in [6, 6.07) is 11.5. The molecule has 1 saturated heterocycles. The van der Waals surface area contributed by atoms with Crippen LogP contribution >= 0.6 is 11.8 Å². The lowest BCUT2D eigenvalue weighted by Gasteiger charge is -2.13. The first-order valence-electron chi connectivity index (χ1n) is 9.14. The van der Waals surface area contributed by atoms with Crippen LogP contribution in [0.15, 0.2) is 57.8 Å². The summed E-state index contributed by atoms with van der Waals surface area (Å²) in [6.45, 7) is 3.83. The Bertz CT molecular complexity index is 1080. The fraction of sp³-hybridized carbons (Fsp3) is 0.250. The van der Waals surface area contributed by atoms with Crippen molar-refractivity contribution in [1.29, 1.82) is 0 Å². The van der Waals surface area contributed by atoms with E-state index in [1.54, 1.807) is 19.1 Å². The average Bonchev–Trinajstić information content (AvgIpc) is 2.97. The van der Waals surface area contributed by atoms with Crippen molar-refractivity contribution in [3.05, 3.63) is 59.9 Å². The lowest BCUT2D eigenvalue weighted by Crippen LogP contribution is -2.33. The van der Waals surface area contributed by atoms with Gasteiger partial charge in [0, 0.05) is 18.7 Å². The van der Waals surface area contributed by atoms with Crippen molar-refractivity contribution < 1.29 is 22.4 Å². The Kier molecular flexibility index (Phi) is 6.57. The van der Waals surface area contributed by atoms with Crippen LogP contribution < -0.4 is 5.32 Å². The number of nitrogens with zero attached hydrogens (tertiary/aromatic N) is 2. The number of aryl methyl sites for hydroxylation is 1. The Hall–Kier alpha value is -2.72. The van der Waals surface area contributed by atoms with Gasteiger partial charge in [0.05, 0.1) is 4.90 Å². The minimum atomic E-state index is -4.13. The number of halogens is 1. The maximum atomic E-state index is 13.1. The van der Waals surface area contributed by atoms with Gasteiger partial charge in [-0.2, -0.15) is 8.42 Å². The van der Waals surface area contributed by atoms with Crippen LogP contribution in [0.3, 0.4) is 0 Å². The van der Waals surface area contributed by atoms with Crippen LogP contribution in [0.1, 0.15) is 18.9 Å². The van der Waals surface area contributed by atoms with E-state index in [9.17, 15) is 22.4 Å². The third-order valence-corrected chi connectivity index (χ3v) is 6.92. The van der Waals surface area contributed by atoms with Gasteiger partial charge in [0.1, 0.15) is 11.1 Å². The maximum Gasteiger partial charge on any atom is 0.284 e. The van der Waals surface area contributed by atoms with E-state index in [4.69, 9.17) is 0 Å². The maximum absolute atomic E-state index is 13.1. The fourth-order valence-electron chi connectivity index (χ4n) is 2.78. The van der Waals surface area contributed by atoms with Gasteiger partial charge in [0.2, 0.25) is 11.8 Å². The number of thioether (sulfide) groups is 1. The quantitative estimate of drug-likeness (QED) is 0.731. The second kappa shape index (κ2) is 8.97. The molecule has 1 aliphatic rings. The van der Waals surface area contributed by atoms with E-state index in [1.165, 1.54) is 4.90 Å². The number of carbonyl (C=O) groups excluding carboxylic acids is 2. The number of nitrogens with one attached hydrogen (secondary N) is 1. The molecule has 1 aliphatic heterocycles. The van der Waals surface area contributed by atoms with Crippen molar-refractivity contribution in [3.8, 4) is 0 Å². The van der Waals surface area contributed by atoms with Crippen molar-refractivity contribution in [2.75, 3.05) is 11.9 Å². The zero-order valence-corrected chi connectivity index (χ0v) is 18.0. The molecular weight excluding hydrogens is 429 g/mol. The zero-order valence-electron chi connectivity index (χ0n) is 16.3. The minimum Gasteiger partial charge on any atom is -0.326 e. The Morgan fingerprint density at radius 1 is 1.17 bits per heavy atom.